The van der Waals surface area contributed by atoms with Gasteiger partial charge in [0.2, 0.25) is 0 Å². The predicted octanol–water partition coefficient (Wildman–Crippen LogP) is 15.1. The van der Waals surface area contributed by atoms with Gasteiger partial charge in [-0.05, 0) is 70.9 Å². The van der Waals surface area contributed by atoms with Crippen molar-refractivity contribution in [3.8, 4) is 51.0 Å². The maximum absolute atomic E-state index is 6.76. The second-order valence-corrected chi connectivity index (χ2v) is 16.6. The van der Waals surface area contributed by atoms with Gasteiger partial charge in [-0.15, -0.1) is 11.3 Å². The monoisotopic (exact) mass is 796 g/mol. The zero-order valence-corrected chi connectivity index (χ0v) is 33.4. The lowest BCUT2D eigenvalue weighted by Gasteiger charge is -2.16. The van der Waals surface area contributed by atoms with Gasteiger partial charge in [0.1, 0.15) is 11.2 Å². The van der Waals surface area contributed by atoms with E-state index >= 15 is 0 Å². The van der Waals surface area contributed by atoms with Gasteiger partial charge < -0.3 is 8.98 Å². The topological polar surface area (TPSA) is 56.7 Å². The second kappa shape index (κ2) is 13.3. The van der Waals surface area contributed by atoms with E-state index in [1.165, 1.54) is 36.3 Å². The van der Waals surface area contributed by atoms with E-state index in [1.807, 2.05) is 30.3 Å². The van der Waals surface area contributed by atoms with E-state index < -0.39 is 0 Å². The lowest BCUT2D eigenvalue weighted by Crippen LogP contribution is -2.02. The molecule has 0 bridgehead atoms. The summed E-state index contributed by atoms with van der Waals surface area (Å²) in [5, 5.41) is 9.32. The molecule has 0 saturated carbocycles. The maximum Gasteiger partial charge on any atom is 0.164 e. The van der Waals surface area contributed by atoms with Gasteiger partial charge in [0.25, 0.3) is 0 Å². The van der Waals surface area contributed by atoms with E-state index in [2.05, 4.69) is 168 Å². The Bertz CT molecular complexity index is 3900. The number of hydrogen-bond acceptors (Lipinski definition) is 5. The Balaban J connectivity index is 1.12. The van der Waals surface area contributed by atoms with E-state index in [9.17, 15) is 0 Å². The summed E-state index contributed by atoms with van der Waals surface area (Å²) < 4.78 is 11.6. The molecule has 0 aliphatic rings. The van der Waals surface area contributed by atoms with Crippen molar-refractivity contribution >= 4 is 86.0 Å². The number of fused-ring (bicyclic) bond motifs is 10. The molecule has 0 N–H and O–H groups in total. The molecule has 0 amide bonds. The van der Waals surface area contributed by atoms with Gasteiger partial charge in [0, 0.05) is 69.7 Å². The molecule has 0 aliphatic heterocycles. The molecule has 284 valence electrons. The Morgan fingerprint density at radius 1 is 0.393 bits per heavy atom. The molecule has 13 rings (SSSR count). The first-order valence-electron chi connectivity index (χ1n) is 20.4. The molecule has 4 heterocycles. The predicted molar refractivity (Wildman–Crippen MR) is 254 cm³/mol. The fourth-order valence-electron chi connectivity index (χ4n) is 9.28. The highest BCUT2D eigenvalue weighted by molar-refractivity contribution is 7.25. The van der Waals surface area contributed by atoms with E-state index in [4.69, 9.17) is 19.4 Å². The molecule has 61 heavy (non-hydrogen) atoms. The van der Waals surface area contributed by atoms with Crippen LogP contribution in [0.15, 0.2) is 199 Å². The number of thiophene rings is 1. The third kappa shape index (κ3) is 5.29. The van der Waals surface area contributed by atoms with Gasteiger partial charge in [0.05, 0.1) is 11.0 Å². The van der Waals surface area contributed by atoms with Crippen molar-refractivity contribution in [3.05, 3.63) is 194 Å². The number of para-hydroxylation sites is 3. The summed E-state index contributed by atoms with van der Waals surface area (Å²) in [5.74, 6) is 1.83. The van der Waals surface area contributed by atoms with E-state index in [0.29, 0.717) is 17.5 Å². The van der Waals surface area contributed by atoms with Gasteiger partial charge in [-0.25, -0.2) is 15.0 Å². The van der Waals surface area contributed by atoms with Gasteiger partial charge in [-0.3, -0.25) is 0 Å². The van der Waals surface area contributed by atoms with Crippen molar-refractivity contribution in [2.75, 3.05) is 0 Å². The smallest absolute Gasteiger partial charge is 0.164 e. The molecule has 6 heteroatoms. The van der Waals surface area contributed by atoms with Crippen LogP contribution in [0.25, 0.3) is 126 Å². The molecule has 5 nitrogen and oxygen atoms in total. The minimum atomic E-state index is 0.586. The van der Waals surface area contributed by atoms with E-state index in [1.54, 1.807) is 11.3 Å². The van der Waals surface area contributed by atoms with E-state index in [-0.39, 0.29) is 0 Å². The quantitative estimate of drug-likeness (QED) is 0.174. The van der Waals surface area contributed by atoms with Crippen LogP contribution in [0, 0.1) is 0 Å². The molecule has 4 aromatic heterocycles. The minimum Gasteiger partial charge on any atom is -0.455 e. The van der Waals surface area contributed by atoms with Crippen LogP contribution in [0.5, 0.6) is 0 Å². The van der Waals surface area contributed by atoms with E-state index in [0.717, 1.165) is 71.9 Å². The van der Waals surface area contributed by atoms with Crippen LogP contribution in [0.2, 0.25) is 0 Å². The second-order valence-electron chi connectivity index (χ2n) is 15.5. The van der Waals surface area contributed by atoms with Crippen LogP contribution in [-0.4, -0.2) is 19.5 Å². The van der Waals surface area contributed by atoms with Gasteiger partial charge in [-0.1, -0.05) is 140 Å². The largest absolute Gasteiger partial charge is 0.455 e. The molecule has 13 aromatic rings. The Labute approximate surface area is 353 Å². The molecule has 0 unspecified atom stereocenters. The molecule has 0 spiro atoms. The summed E-state index contributed by atoms with van der Waals surface area (Å²) in [5.41, 5.74) is 9.69. The first kappa shape index (κ1) is 34.0. The first-order valence-corrected chi connectivity index (χ1v) is 21.2. The number of rotatable bonds is 5. The normalized spacial score (nSPS) is 11.9. The lowest BCUT2D eigenvalue weighted by molar-refractivity contribution is 0.670. The summed E-state index contributed by atoms with van der Waals surface area (Å²) in [6, 6.07) is 68.5. The van der Waals surface area contributed by atoms with Gasteiger partial charge in [-0.2, -0.15) is 0 Å². The standard InChI is InChI=1S/C55H32N4OS/c1-2-14-33(15-3-1)53-56-54(58-55(57-53)43-23-13-27-50-51(43)42-20-8-11-26-49(42)61-50)41-29-28-36(32-44(41)40-22-12-21-39-38-19-7-10-25-48(38)60-52(39)40)59-46-24-9-6-18-37(46)45-30-34-16-4-5-17-35(34)31-47(45)59/h1-32H. The highest BCUT2D eigenvalue weighted by Gasteiger charge is 2.23. The summed E-state index contributed by atoms with van der Waals surface area (Å²) in [6.07, 6.45) is 0. The van der Waals surface area contributed by atoms with Crippen molar-refractivity contribution in [2.24, 2.45) is 0 Å². The highest BCUT2D eigenvalue weighted by atomic mass is 32.1. The number of aromatic nitrogens is 4. The fraction of sp³-hybridized carbons (Fsp3) is 0. The third-order valence-corrected chi connectivity index (χ3v) is 13.2. The Kier molecular flexibility index (Phi) is 7.41. The van der Waals surface area contributed by atoms with Crippen LogP contribution < -0.4 is 0 Å². The summed E-state index contributed by atoms with van der Waals surface area (Å²) in [7, 11) is 0. The van der Waals surface area contributed by atoms with Crippen LogP contribution >= 0.6 is 11.3 Å². The summed E-state index contributed by atoms with van der Waals surface area (Å²) in [4.78, 5) is 16.0. The van der Waals surface area contributed by atoms with Crippen molar-refractivity contribution in [1.29, 1.82) is 0 Å². The molecule has 0 saturated heterocycles. The number of furan rings is 1. The van der Waals surface area contributed by atoms with Crippen molar-refractivity contribution < 1.29 is 4.42 Å². The van der Waals surface area contributed by atoms with Crippen molar-refractivity contribution in [2.45, 2.75) is 0 Å². The zero-order valence-electron chi connectivity index (χ0n) is 32.6. The SMILES string of the molecule is c1ccc(-c2nc(-c3ccc(-n4c5ccccc5c5cc6ccccc6cc54)cc3-c3cccc4c3oc3ccccc34)nc(-c3cccc4sc5ccccc5c34)n2)cc1. The van der Waals surface area contributed by atoms with Crippen LogP contribution in [0.3, 0.4) is 0 Å². The maximum atomic E-state index is 6.76. The Hall–Kier alpha value is -7.93. The summed E-state index contributed by atoms with van der Waals surface area (Å²) >= 11 is 1.79. The molecule has 0 radical (unpaired) electrons. The Morgan fingerprint density at radius 3 is 1.93 bits per heavy atom. The van der Waals surface area contributed by atoms with Crippen LogP contribution in [0.1, 0.15) is 0 Å². The van der Waals surface area contributed by atoms with Gasteiger partial charge in [0.15, 0.2) is 17.5 Å². The Morgan fingerprint density at radius 2 is 1.05 bits per heavy atom. The lowest BCUT2D eigenvalue weighted by atomic mass is 9.96. The molecule has 0 atom stereocenters. The average molecular weight is 797 g/mol. The molecular formula is C55H32N4OS. The number of hydrogen-bond donors (Lipinski definition) is 0. The minimum absolute atomic E-state index is 0.586. The fourth-order valence-corrected chi connectivity index (χ4v) is 10.4. The molecule has 0 aliphatic carbocycles. The van der Waals surface area contributed by atoms with Crippen molar-refractivity contribution in [3.63, 3.8) is 0 Å². The molecular weight excluding hydrogens is 765 g/mol. The van der Waals surface area contributed by atoms with Crippen molar-refractivity contribution in [1.82, 2.24) is 19.5 Å². The molecule has 9 aromatic carbocycles. The summed E-state index contributed by atoms with van der Waals surface area (Å²) in [6.45, 7) is 0. The zero-order chi connectivity index (χ0) is 40.0. The third-order valence-electron chi connectivity index (χ3n) is 12.0. The molecule has 0 fully saturated rings. The highest BCUT2D eigenvalue weighted by Crippen LogP contribution is 2.44. The van der Waals surface area contributed by atoms with Gasteiger partial charge >= 0.3 is 0 Å². The number of benzene rings is 9. The van der Waals surface area contributed by atoms with Crippen LogP contribution in [0.4, 0.5) is 0 Å². The number of nitrogens with zero attached hydrogens (tertiary/aromatic N) is 4. The first-order chi connectivity index (χ1) is 30.2. The van der Waals surface area contributed by atoms with Crippen LogP contribution in [-0.2, 0) is 0 Å². The average Bonchev–Trinajstić information content (AvgIpc) is 4.00.